The summed E-state index contributed by atoms with van der Waals surface area (Å²) in [4.78, 5) is 12.3. The van der Waals surface area contributed by atoms with Gasteiger partial charge in [-0.05, 0) is 6.92 Å². The van der Waals surface area contributed by atoms with Crippen molar-refractivity contribution in [2.24, 2.45) is 21.5 Å². The van der Waals surface area contributed by atoms with E-state index in [4.69, 9.17) is 11.5 Å². The fourth-order valence-corrected chi connectivity index (χ4v) is 4.36. The number of aliphatic imine (C=N–C) groups is 2. The van der Waals surface area contributed by atoms with E-state index in [-0.39, 0.29) is 18.4 Å². The summed E-state index contributed by atoms with van der Waals surface area (Å²) in [6, 6.07) is 0. The van der Waals surface area contributed by atoms with Crippen LogP contribution in [0.2, 0.25) is 0 Å². The Hall–Kier alpha value is -1.08. The van der Waals surface area contributed by atoms with Crippen molar-refractivity contribution in [2.75, 3.05) is 5.75 Å². The largest absolute Gasteiger partial charge is 0.370 e. The number of guanidine groups is 1. The average Bonchev–Trinajstić information content (AvgIpc) is 2.79. The molecule has 0 spiro atoms. The van der Waals surface area contributed by atoms with E-state index in [1.165, 1.54) is 11.3 Å². The van der Waals surface area contributed by atoms with Gasteiger partial charge in [0.2, 0.25) is 5.13 Å². The Kier molecular flexibility index (Phi) is 7.54. The van der Waals surface area contributed by atoms with E-state index in [2.05, 4.69) is 24.4 Å². The zero-order valence-corrected chi connectivity index (χ0v) is 15.5. The van der Waals surface area contributed by atoms with Crippen LogP contribution in [0.1, 0.15) is 19.0 Å². The molecule has 0 saturated heterocycles. The third-order valence-corrected chi connectivity index (χ3v) is 5.36. The average molecular weight is 400 g/mol. The topological polar surface area (TPSA) is 148 Å². The molecule has 0 aromatic carbocycles. The summed E-state index contributed by atoms with van der Waals surface area (Å²) in [6.07, 6.45) is 0.104. The van der Waals surface area contributed by atoms with Gasteiger partial charge >= 0.3 is 10.2 Å². The summed E-state index contributed by atoms with van der Waals surface area (Å²) in [5.41, 5.74) is 11.5. The van der Waals surface area contributed by atoms with Crippen LogP contribution in [0.3, 0.4) is 0 Å². The third-order valence-electron chi connectivity index (χ3n) is 2.42. The highest BCUT2D eigenvalue weighted by atomic mass is 35.5. The fourth-order valence-electron chi connectivity index (χ4n) is 1.68. The molecule has 1 atom stereocenters. The second-order valence-electron chi connectivity index (χ2n) is 4.44. The number of aromatic nitrogens is 1. The standard InChI is InChI=1S/C10H17N7O2S3.ClH/c1-6-13-8(17-22(18,19)16-6)2-3-20-4-7-5-21-10(14-7)15-9(11)12;/h5-6,16H,2-4H2,1H3,(H,13,17)(H4,11,12,14,15);1H. The molecule has 1 unspecified atom stereocenters. The molecule has 6 N–H and O–H groups in total. The molecule has 130 valence electrons. The molecule has 2 rings (SSSR count). The van der Waals surface area contributed by atoms with E-state index >= 15 is 0 Å². The van der Waals surface area contributed by atoms with Gasteiger partial charge in [0.25, 0.3) is 0 Å². The van der Waals surface area contributed by atoms with Crippen LogP contribution >= 0.6 is 35.5 Å². The maximum atomic E-state index is 11.5. The maximum Gasteiger partial charge on any atom is 0.301 e. The van der Waals surface area contributed by atoms with Gasteiger partial charge in [-0.3, -0.25) is 9.71 Å². The summed E-state index contributed by atoms with van der Waals surface area (Å²) < 4.78 is 27.7. The summed E-state index contributed by atoms with van der Waals surface area (Å²) in [5, 5.41) is 2.42. The van der Waals surface area contributed by atoms with Crippen molar-refractivity contribution in [3.63, 3.8) is 0 Å². The minimum Gasteiger partial charge on any atom is -0.370 e. The Morgan fingerprint density at radius 1 is 1.52 bits per heavy atom. The highest BCUT2D eigenvalue weighted by Gasteiger charge is 2.21. The van der Waals surface area contributed by atoms with Gasteiger partial charge in [-0.2, -0.15) is 29.9 Å². The zero-order chi connectivity index (χ0) is 16.2. The number of thiazole rings is 1. The lowest BCUT2D eigenvalue weighted by Gasteiger charge is -2.20. The van der Waals surface area contributed by atoms with Crippen LogP contribution in [0, 0.1) is 0 Å². The molecule has 0 bridgehead atoms. The molecule has 13 heteroatoms. The van der Waals surface area contributed by atoms with Gasteiger partial charge in [0.05, 0.1) is 5.69 Å². The maximum absolute atomic E-state index is 11.5. The molecule has 1 aromatic rings. The number of nitrogens with one attached hydrogen (secondary N) is 2. The third kappa shape index (κ3) is 6.91. The van der Waals surface area contributed by atoms with Crippen molar-refractivity contribution in [1.82, 2.24) is 14.4 Å². The van der Waals surface area contributed by atoms with Gasteiger partial charge in [-0.15, -0.1) is 23.7 Å². The number of hydrogen-bond acceptors (Lipinski definition) is 7. The lowest BCUT2D eigenvalue weighted by Crippen LogP contribution is -2.48. The van der Waals surface area contributed by atoms with Gasteiger partial charge in [-0.1, -0.05) is 0 Å². The molecular weight excluding hydrogens is 382 g/mol. The Bertz CT molecular complexity index is 684. The van der Waals surface area contributed by atoms with Crippen molar-refractivity contribution >= 4 is 62.6 Å². The number of halogens is 1. The number of nitrogens with zero attached hydrogens (tertiary/aromatic N) is 3. The predicted octanol–water partition coefficient (Wildman–Crippen LogP) is 0.275. The highest BCUT2D eigenvalue weighted by Crippen LogP contribution is 2.22. The molecule has 1 aliphatic heterocycles. The first-order valence-electron chi connectivity index (χ1n) is 6.32. The Labute approximate surface area is 149 Å². The minimum absolute atomic E-state index is 0. The quantitative estimate of drug-likeness (QED) is 0.306. The Balaban J connectivity index is 0.00000264. The minimum atomic E-state index is -3.47. The summed E-state index contributed by atoms with van der Waals surface area (Å²) >= 11 is 3.00. The number of amidine groups is 1. The van der Waals surface area contributed by atoms with Crippen LogP contribution in [0.4, 0.5) is 5.13 Å². The molecule has 0 radical (unpaired) electrons. The smallest absolute Gasteiger partial charge is 0.301 e. The number of hydrogen-bond donors (Lipinski definition) is 4. The fraction of sp³-hybridized carbons (Fsp3) is 0.500. The molecular formula is C10H18ClN7O2S3. The van der Waals surface area contributed by atoms with Gasteiger partial charge in [0.15, 0.2) is 5.96 Å². The van der Waals surface area contributed by atoms with Gasteiger partial charge in [0, 0.05) is 23.3 Å². The van der Waals surface area contributed by atoms with Gasteiger partial charge in [0.1, 0.15) is 12.0 Å². The lowest BCUT2D eigenvalue weighted by molar-refractivity contribution is 0.553. The Morgan fingerprint density at radius 3 is 2.91 bits per heavy atom. The van der Waals surface area contributed by atoms with E-state index < -0.39 is 16.4 Å². The molecule has 1 aromatic heterocycles. The van der Waals surface area contributed by atoms with Gasteiger partial charge in [-0.25, -0.2) is 4.98 Å². The number of nitrogens with two attached hydrogens (primary N) is 2. The van der Waals surface area contributed by atoms with Crippen molar-refractivity contribution < 1.29 is 8.42 Å². The van der Waals surface area contributed by atoms with Crippen molar-refractivity contribution in [3.05, 3.63) is 11.1 Å². The highest BCUT2D eigenvalue weighted by molar-refractivity contribution is 7.98. The number of thioether (sulfide) groups is 1. The van der Waals surface area contributed by atoms with E-state index in [1.807, 2.05) is 5.38 Å². The molecule has 0 amide bonds. The second-order valence-corrected chi connectivity index (χ2v) is 7.82. The van der Waals surface area contributed by atoms with E-state index in [0.717, 1.165) is 11.4 Å². The second kappa shape index (κ2) is 8.68. The lowest BCUT2D eigenvalue weighted by atomic mass is 10.4. The van der Waals surface area contributed by atoms with Crippen molar-refractivity contribution in [2.45, 2.75) is 25.3 Å². The van der Waals surface area contributed by atoms with Crippen LogP contribution in [0.25, 0.3) is 0 Å². The van der Waals surface area contributed by atoms with Crippen LogP contribution in [-0.2, 0) is 16.0 Å². The first-order valence-corrected chi connectivity index (χ1v) is 9.84. The SMILES string of the molecule is CC1N=C(CCSCc2csc(N=C(N)N)n2)NS(=O)(=O)N1.Cl. The van der Waals surface area contributed by atoms with E-state index in [0.29, 0.717) is 23.1 Å². The van der Waals surface area contributed by atoms with Crippen LogP contribution < -0.4 is 20.9 Å². The van der Waals surface area contributed by atoms with E-state index in [1.54, 1.807) is 18.7 Å². The Morgan fingerprint density at radius 2 is 2.26 bits per heavy atom. The van der Waals surface area contributed by atoms with Crippen LogP contribution in [-0.4, -0.2) is 37.1 Å². The molecule has 0 fully saturated rings. The van der Waals surface area contributed by atoms with Crippen LogP contribution in [0.5, 0.6) is 0 Å². The van der Waals surface area contributed by atoms with E-state index in [9.17, 15) is 8.42 Å². The molecule has 0 aliphatic carbocycles. The van der Waals surface area contributed by atoms with Crippen molar-refractivity contribution in [1.29, 1.82) is 0 Å². The zero-order valence-electron chi connectivity index (χ0n) is 12.2. The molecule has 0 saturated carbocycles. The first kappa shape index (κ1) is 20.0. The predicted molar refractivity (Wildman–Crippen MR) is 97.7 cm³/mol. The van der Waals surface area contributed by atoms with Gasteiger partial charge < -0.3 is 11.5 Å². The normalized spacial score (nSPS) is 19.2. The first-order chi connectivity index (χ1) is 10.3. The van der Waals surface area contributed by atoms with Crippen molar-refractivity contribution in [3.8, 4) is 0 Å². The number of rotatable bonds is 6. The monoisotopic (exact) mass is 399 g/mol. The summed E-state index contributed by atoms with van der Waals surface area (Å²) in [6.45, 7) is 1.69. The molecule has 1 aliphatic rings. The summed E-state index contributed by atoms with van der Waals surface area (Å²) in [5.74, 6) is 1.88. The molecule has 2 heterocycles. The van der Waals surface area contributed by atoms with Crippen LogP contribution in [0.15, 0.2) is 15.4 Å². The molecule has 9 nitrogen and oxygen atoms in total. The molecule has 23 heavy (non-hydrogen) atoms. The summed E-state index contributed by atoms with van der Waals surface area (Å²) in [7, 11) is -3.47.